The monoisotopic (exact) mass is 297 g/mol. The van der Waals surface area contributed by atoms with E-state index in [1.165, 1.54) is 10.9 Å². The first-order valence-electron chi connectivity index (χ1n) is 7.03. The molecule has 21 heavy (non-hydrogen) atoms. The molecule has 8 heteroatoms. The lowest BCUT2D eigenvalue weighted by molar-refractivity contribution is -0.385. The van der Waals surface area contributed by atoms with Gasteiger partial charge in [0.05, 0.1) is 4.92 Å². The van der Waals surface area contributed by atoms with Crippen LogP contribution in [0.15, 0.2) is 12.4 Å². The molecule has 0 saturated carbocycles. The summed E-state index contributed by atoms with van der Waals surface area (Å²) >= 11 is 0. The largest absolute Gasteiger partial charge is 0.350 e. The van der Waals surface area contributed by atoms with E-state index in [0.29, 0.717) is 6.54 Å². The van der Waals surface area contributed by atoms with Crippen molar-refractivity contribution < 1.29 is 9.72 Å². The number of nitrogens with one attached hydrogen (secondary N) is 1. The molecule has 1 heterocycles. The Kier molecular flexibility index (Phi) is 5.83. The molecule has 0 bridgehead atoms. The van der Waals surface area contributed by atoms with Crippen LogP contribution in [0.4, 0.5) is 5.69 Å². The van der Waals surface area contributed by atoms with E-state index in [-0.39, 0.29) is 17.6 Å². The first kappa shape index (κ1) is 17.1. The fourth-order valence-corrected chi connectivity index (χ4v) is 1.88. The predicted octanol–water partition coefficient (Wildman–Crippen LogP) is 1.16. The molecule has 0 spiro atoms. The van der Waals surface area contributed by atoms with Crippen molar-refractivity contribution in [3.63, 3.8) is 0 Å². The maximum absolute atomic E-state index is 12.4. The SMILES string of the molecule is CCCCC(CN)NC(=O)C(C)(C)n1cc([N+](=O)[O-])cn1. The van der Waals surface area contributed by atoms with Crippen LogP contribution in [0.3, 0.4) is 0 Å². The van der Waals surface area contributed by atoms with Gasteiger partial charge >= 0.3 is 5.69 Å². The fraction of sp³-hybridized carbons (Fsp3) is 0.692. The van der Waals surface area contributed by atoms with E-state index in [2.05, 4.69) is 17.3 Å². The molecule has 1 unspecified atom stereocenters. The fourth-order valence-electron chi connectivity index (χ4n) is 1.88. The number of unbranched alkanes of at least 4 members (excludes halogenated alkanes) is 1. The maximum atomic E-state index is 12.4. The molecule has 3 N–H and O–H groups in total. The summed E-state index contributed by atoms with van der Waals surface area (Å²) in [5.74, 6) is -0.257. The first-order chi connectivity index (χ1) is 9.82. The number of nitrogens with zero attached hydrogens (tertiary/aromatic N) is 3. The number of nitro groups is 1. The molecule has 0 radical (unpaired) electrons. The van der Waals surface area contributed by atoms with E-state index in [9.17, 15) is 14.9 Å². The second-order valence-corrected chi connectivity index (χ2v) is 5.51. The summed E-state index contributed by atoms with van der Waals surface area (Å²) in [6.07, 6.45) is 5.21. The average Bonchev–Trinajstić information content (AvgIpc) is 2.93. The van der Waals surface area contributed by atoms with Crippen LogP contribution in [0.1, 0.15) is 40.0 Å². The molecule has 1 atom stereocenters. The van der Waals surface area contributed by atoms with Gasteiger partial charge in [-0.2, -0.15) is 5.10 Å². The zero-order valence-corrected chi connectivity index (χ0v) is 12.7. The molecular weight excluding hydrogens is 274 g/mol. The number of carbonyl (C=O) groups is 1. The lowest BCUT2D eigenvalue weighted by atomic mass is 10.0. The van der Waals surface area contributed by atoms with E-state index in [1.54, 1.807) is 13.8 Å². The Balaban J connectivity index is 2.79. The molecule has 118 valence electrons. The minimum atomic E-state index is -1.02. The number of hydrogen-bond donors (Lipinski definition) is 2. The van der Waals surface area contributed by atoms with Crippen LogP contribution in [0.2, 0.25) is 0 Å². The standard InChI is InChI=1S/C13H23N5O3/c1-4-5-6-10(7-14)16-12(19)13(2,3)17-9-11(8-15-17)18(20)21/h8-10H,4-7,14H2,1-3H3,(H,16,19). The van der Waals surface area contributed by atoms with E-state index in [4.69, 9.17) is 5.73 Å². The highest BCUT2D eigenvalue weighted by atomic mass is 16.6. The Morgan fingerprint density at radius 3 is 2.76 bits per heavy atom. The summed E-state index contributed by atoms with van der Waals surface area (Å²) in [6.45, 7) is 5.75. The van der Waals surface area contributed by atoms with Crippen LogP contribution in [0, 0.1) is 10.1 Å². The van der Waals surface area contributed by atoms with Gasteiger partial charge in [-0.3, -0.25) is 19.6 Å². The van der Waals surface area contributed by atoms with Gasteiger partial charge in [0, 0.05) is 12.6 Å². The van der Waals surface area contributed by atoms with Crippen molar-refractivity contribution in [2.75, 3.05) is 6.54 Å². The highest BCUT2D eigenvalue weighted by Gasteiger charge is 2.33. The van der Waals surface area contributed by atoms with E-state index in [1.807, 2.05) is 0 Å². The Morgan fingerprint density at radius 1 is 1.62 bits per heavy atom. The molecule has 0 fully saturated rings. The number of nitrogens with two attached hydrogens (primary N) is 1. The summed E-state index contributed by atoms with van der Waals surface area (Å²) in [6, 6.07) is -0.0951. The van der Waals surface area contributed by atoms with Crippen LogP contribution in [0.25, 0.3) is 0 Å². The Bertz CT molecular complexity index is 498. The smallest absolute Gasteiger partial charge is 0.307 e. The molecule has 0 aromatic carbocycles. The van der Waals surface area contributed by atoms with Gasteiger partial charge in [-0.05, 0) is 20.3 Å². The predicted molar refractivity (Wildman–Crippen MR) is 78.7 cm³/mol. The van der Waals surface area contributed by atoms with Crippen LogP contribution in [0.5, 0.6) is 0 Å². The third kappa shape index (κ3) is 4.25. The van der Waals surface area contributed by atoms with Crippen molar-refractivity contribution in [1.29, 1.82) is 0 Å². The quantitative estimate of drug-likeness (QED) is 0.551. The van der Waals surface area contributed by atoms with Gasteiger partial charge in [-0.15, -0.1) is 0 Å². The zero-order valence-electron chi connectivity index (χ0n) is 12.7. The van der Waals surface area contributed by atoms with Gasteiger partial charge in [0.25, 0.3) is 0 Å². The number of hydrogen-bond acceptors (Lipinski definition) is 5. The van der Waals surface area contributed by atoms with Crippen LogP contribution < -0.4 is 11.1 Å². The van der Waals surface area contributed by atoms with E-state index >= 15 is 0 Å². The normalized spacial score (nSPS) is 13.0. The van der Waals surface area contributed by atoms with Crippen molar-refractivity contribution in [2.45, 2.75) is 51.6 Å². The molecular formula is C13H23N5O3. The van der Waals surface area contributed by atoms with Crippen LogP contribution in [-0.4, -0.2) is 33.2 Å². The molecule has 0 aliphatic carbocycles. The van der Waals surface area contributed by atoms with Gasteiger partial charge in [-0.25, -0.2) is 0 Å². The summed E-state index contributed by atoms with van der Waals surface area (Å²) in [7, 11) is 0. The van der Waals surface area contributed by atoms with Crippen molar-refractivity contribution >= 4 is 11.6 Å². The molecule has 0 aliphatic rings. The second-order valence-electron chi connectivity index (χ2n) is 5.51. The van der Waals surface area contributed by atoms with Crippen molar-refractivity contribution in [1.82, 2.24) is 15.1 Å². The minimum Gasteiger partial charge on any atom is -0.350 e. The van der Waals surface area contributed by atoms with Gasteiger partial charge in [0.15, 0.2) is 0 Å². The van der Waals surface area contributed by atoms with Crippen LogP contribution in [-0.2, 0) is 10.3 Å². The van der Waals surface area contributed by atoms with Gasteiger partial charge in [0.1, 0.15) is 17.9 Å². The van der Waals surface area contributed by atoms with Crippen LogP contribution >= 0.6 is 0 Å². The molecule has 1 aromatic rings. The van der Waals surface area contributed by atoms with Crippen molar-refractivity contribution in [3.05, 3.63) is 22.5 Å². The lowest BCUT2D eigenvalue weighted by Gasteiger charge is -2.27. The highest BCUT2D eigenvalue weighted by Crippen LogP contribution is 2.19. The second kappa shape index (κ2) is 7.16. The number of aromatic nitrogens is 2. The van der Waals surface area contributed by atoms with E-state index in [0.717, 1.165) is 25.5 Å². The summed E-state index contributed by atoms with van der Waals surface area (Å²) in [5, 5.41) is 17.5. The molecule has 1 aromatic heterocycles. The Labute approximate surface area is 123 Å². The number of carbonyl (C=O) groups excluding carboxylic acids is 1. The van der Waals surface area contributed by atoms with Gasteiger partial charge in [-0.1, -0.05) is 19.8 Å². The third-order valence-corrected chi connectivity index (χ3v) is 3.43. The Morgan fingerprint density at radius 2 is 2.29 bits per heavy atom. The molecule has 0 aliphatic heterocycles. The summed E-state index contributed by atoms with van der Waals surface area (Å²) in [5.41, 5.74) is 4.50. The van der Waals surface area contributed by atoms with Crippen molar-refractivity contribution in [2.24, 2.45) is 5.73 Å². The molecule has 1 rings (SSSR count). The maximum Gasteiger partial charge on any atom is 0.307 e. The molecule has 8 nitrogen and oxygen atoms in total. The minimum absolute atomic E-state index is 0.0951. The number of rotatable bonds is 8. The summed E-state index contributed by atoms with van der Waals surface area (Å²) in [4.78, 5) is 22.5. The van der Waals surface area contributed by atoms with Crippen molar-refractivity contribution in [3.8, 4) is 0 Å². The van der Waals surface area contributed by atoms with E-state index < -0.39 is 10.5 Å². The van der Waals surface area contributed by atoms with Gasteiger partial charge < -0.3 is 11.1 Å². The highest BCUT2D eigenvalue weighted by molar-refractivity contribution is 5.83. The van der Waals surface area contributed by atoms with Gasteiger partial charge in [0.2, 0.25) is 5.91 Å². The topological polar surface area (TPSA) is 116 Å². The zero-order chi connectivity index (χ0) is 16.0. The lowest BCUT2D eigenvalue weighted by Crippen LogP contribution is -2.50. The molecule has 0 saturated heterocycles. The number of amides is 1. The Hall–Kier alpha value is -1.96. The third-order valence-electron chi connectivity index (χ3n) is 3.43. The first-order valence-corrected chi connectivity index (χ1v) is 7.03. The average molecular weight is 297 g/mol. The summed E-state index contributed by atoms with van der Waals surface area (Å²) < 4.78 is 1.30. The molecule has 1 amide bonds.